The summed E-state index contributed by atoms with van der Waals surface area (Å²) in [7, 11) is 1.59. The highest BCUT2D eigenvalue weighted by Gasteiger charge is 2.22. The number of carboxylic acids is 1. The first-order valence-electron chi connectivity index (χ1n) is 9.99. The van der Waals surface area contributed by atoms with Crippen molar-refractivity contribution in [3.8, 4) is 16.2 Å². The van der Waals surface area contributed by atoms with E-state index in [1.165, 1.54) is 15.9 Å². The minimum Gasteiger partial charge on any atom is -0.497 e. The van der Waals surface area contributed by atoms with Crippen LogP contribution in [0.25, 0.3) is 20.7 Å². The Morgan fingerprint density at radius 3 is 2.34 bits per heavy atom. The summed E-state index contributed by atoms with van der Waals surface area (Å²) in [5.74, 6) is -0.526. The van der Waals surface area contributed by atoms with Gasteiger partial charge in [0.25, 0.3) is 5.56 Å². The highest BCUT2D eigenvalue weighted by Crippen LogP contribution is 2.37. The first-order valence-corrected chi connectivity index (χ1v) is 10.8. The first kappa shape index (κ1) is 21.6. The lowest BCUT2D eigenvalue weighted by molar-refractivity contribution is -0.137. The Kier molecular flexibility index (Phi) is 5.71. The second-order valence-electron chi connectivity index (χ2n) is 7.55. The molecule has 0 radical (unpaired) electrons. The standard InChI is InChI=1S/C24H22N2O5S/c1-14-6-4-5-7-17(14)12-26-23-20(22(29)25(24(26)30)13-19(27)28)15(2)21(32-23)16-8-10-18(31-3)11-9-16/h4-11H,12-13H2,1-3H3,(H,27,28). The number of carbonyl (C=O) groups is 1. The molecule has 0 atom stereocenters. The zero-order valence-electron chi connectivity index (χ0n) is 17.9. The average Bonchev–Trinajstić information content (AvgIpc) is 3.12. The minimum atomic E-state index is -1.24. The van der Waals surface area contributed by atoms with Crippen LogP contribution in [0.3, 0.4) is 0 Å². The van der Waals surface area contributed by atoms with E-state index in [9.17, 15) is 19.5 Å². The Balaban J connectivity index is 2.01. The molecule has 0 aliphatic carbocycles. The van der Waals surface area contributed by atoms with Gasteiger partial charge in [0.2, 0.25) is 0 Å². The lowest BCUT2D eigenvalue weighted by Gasteiger charge is -2.12. The number of methoxy groups -OCH3 is 1. The topological polar surface area (TPSA) is 90.5 Å². The van der Waals surface area contributed by atoms with E-state index in [1.54, 1.807) is 7.11 Å². The number of hydrogen-bond donors (Lipinski definition) is 1. The molecule has 7 nitrogen and oxygen atoms in total. The van der Waals surface area contributed by atoms with E-state index >= 15 is 0 Å². The van der Waals surface area contributed by atoms with E-state index in [0.29, 0.717) is 16.0 Å². The van der Waals surface area contributed by atoms with Crippen LogP contribution in [0.5, 0.6) is 5.75 Å². The summed E-state index contributed by atoms with van der Waals surface area (Å²) in [6.07, 6.45) is 0. The fourth-order valence-corrected chi connectivity index (χ4v) is 5.08. The number of nitrogens with zero attached hydrogens (tertiary/aromatic N) is 2. The Morgan fingerprint density at radius 1 is 1.03 bits per heavy atom. The lowest BCUT2D eigenvalue weighted by Crippen LogP contribution is -2.41. The summed E-state index contributed by atoms with van der Waals surface area (Å²) < 4.78 is 7.54. The fourth-order valence-electron chi connectivity index (χ4n) is 3.78. The van der Waals surface area contributed by atoms with Crippen LogP contribution in [0.4, 0.5) is 0 Å². The molecule has 0 amide bonds. The number of fused-ring (bicyclic) bond motifs is 1. The molecule has 0 spiro atoms. The number of carboxylic acid groups (broad SMARTS) is 1. The smallest absolute Gasteiger partial charge is 0.332 e. The van der Waals surface area contributed by atoms with Gasteiger partial charge in [0.05, 0.1) is 19.0 Å². The average molecular weight is 451 g/mol. The quantitative estimate of drug-likeness (QED) is 0.484. The summed E-state index contributed by atoms with van der Waals surface area (Å²) in [4.78, 5) is 39.2. The molecule has 2 aromatic heterocycles. The van der Waals surface area contributed by atoms with Crippen LogP contribution in [-0.2, 0) is 17.9 Å². The molecule has 0 fully saturated rings. The maximum atomic E-state index is 13.2. The third-order valence-electron chi connectivity index (χ3n) is 5.53. The van der Waals surface area contributed by atoms with E-state index in [1.807, 2.05) is 62.4 Å². The zero-order valence-corrected chi connectivity index (χ0v) is 18.7. The second kappa shape index (κ2) is 8.47. The summed E-state index contributed by atoms with van der Waals surface area (Å²) in [5.41, 5.74) is 2.33. The van der Waals surface area contributed by atoms with E-state index in [-0.39, 0.29) is 6.54 Å². The number of aromatic nitrogens is 2. The van der Waals surface area contributed by atoms with Crippen molar-refractivity contribution in [2.45, 2.75) is 26.9 Å². The number of aliphatic carboxylic acids is 1. The van der Waals surface area contributed by atoms with Crippen LogP contribution in [0.15, 0.2) is 58.1 Å². The zero-order chi connectivity index (χ0) is 23.0. The molecule has 0 aliphatic heterocycles. The van der Waals surface area contributed by atoms with Crippen molar-refractivity contribution in [3.05, 3.63) is 86.1 Å². The fraction of sp³-hybridized carbons (Fsp3) is 0.208. The van der Waals surface area contributed by atoms with Gasteiger partial charge in [-0.25, -0.2) is 9.36 Å². The molecule has 0 bridgehead atoms. The largest absolute Gasteiger partial charge is 0.497 e. The van der Waals surface area contributed by atoms with E-state index in [0.717, 1.165) is 31.7 Å². The van der Waals surface area contributed by atoms with Crippen LogP contribution in [0.1, 0.15) is 16.7 Å². The molecule has 0 saturated heterocycles. The van der Waals surface area contributed by atoms with Crippen LogP contribution in [0.2, 0.25) is 0 Å². The third-order valence-corrected chi connectivity index (χ3v) is 6.89. The molecule has 4 rings (SSSR count). The molecule has 0 saturated carbocycles. The molecular weight excluding hydrogens is 428 g/mol. The number of benzene rings is 2. The molecule has 0 unspecified atom stereocenters. The highest BCUT2D eigenvalue weighted by molar-refractivity contribution is 7.22. The molecule has 1 N–H and O–H groups in total. The molecule has 32 heavy (non-hydrogen) atoms. The lowest BCUT2D eigenvalue weighted by atomic mass is 10.1. The molecule has 2 heterocycles. The normalized spacial score (nSPS) is 11.1. The number of rotatable bonds is 6. The van der Waals surface area contributed by atoms with Crippen LogP contribution < -0.4 is 16.0 Å². The molecule has 4 aromatic rings. The molecule has 2 aromatic carbocycles. The third kappa shape index (κ3) is 3.73. The van der Waals surface area contributed by atoms with Gasteiger partial charge in [0.15, 0.2) is 0 Å². The van der Waals surface area contributed by atoms with Gasteiger partial charge in [0, 0.05) is 4.88 Å². The van der Waals surface area contributed by atoms with Gasteiger partial charge < -0.3 is 9.84 Å². The van der Waals surface area contributed by atoms with Crippen molar-refractivity contribution >= 4 is 27.5 Å². The molecule has 164 valence electrons. The van der Waals surface area contributed by atoms with Gasteiger partial charge in [-0.3, -0.25) is 14.2 Å². The van der Waals surface area contributed by atoms with E-state index in [4.69, 9.17) is 4.74 Å². The number of ether oxygens (including phenoxy) is 1. The Hall–Kier alpha value is -3.65. The number of aryl methyl sites for hydroxylation is 2. The monoisotopic (exact) mass is 450 g/mol. The number of hydrogen-bond acceptors (Lipinski definition) is 5. The van der Waals surface area contributed by atoms with Gasteiger partial charge in [-0.15, -0.1) is 11.3 Å². The summed E-state index contributed by atoms with van der Waals surface area (Å²) >= 11 is 1.36. The molecular formula is C24H22N2O5S. The van der Waals surface area contributed by atoms with Gasteiger partial charge >= 0.3 is 11.7 Å². The van der Waals surface area contributed by atoms with Crippen molar-refractivity contribution in [2.75, 3.05) is 7.11 Å². The van der Waals surface area contributed by atoms with E-state index in [2.05, 4.69) is 0 Å². The molecule has 0 aliphatic rings. The van der Waals surface area contributed by atoms with Crippen molar-refractivity contribution in [1.29, 1.82) is 0 Å². The van der Waals surface area contributed by atoms with Gasteiger partial charge in [0.1, 0.15) is 17.1 Å². The van der Waals surface area contributed by atoms with Crippen LogP contribution in [-0.4, -0.2) is 27.3 Å². The molecule has 8 heteroatoms. The highest BCUT2D eigenvalue weighted by atomic mass is 32.1. The van der Waals surface area contributed by atoms with E-state index < -0.39 is 23.8 Å². The van der Waals surface area contributed by atoms with Crippen molar-refractivity contribution < 1.29 is 14.6 Å². The predicted octanol–water partition coefficient (Wildman–Crippen LogP) is 3.65. The predicted molar refractivity (Wildman–Crippen MR) is 125 cm³/mol. The maximum Gasteiger partial charge on any atom is 0.332 e. The summed E-state index contributed by atoms with van der Waals surface area (Å²) in [6, 6.07) is 15.1. The maximum absolute atomic E-state index is 13.2. The number of thiophene rings is 1. The van der Waals surface area contributed by atoms with Gasteiger partial charge in [-0.05, 0) is 60.4 Å². The Labute approximate surface area is 187 Å². The minimum absolute atomic E-state index is 0.240. The first-order chi connectivity index (χ1) is 15.3. The second-order valence-corrected chi connectivity index (χ2v) is 8.54. The van der Waals surface area contributed by atoms with Gasteiger partial charge in [-0.2, -0.15) is 0 Å². The van der Waals surface area contributed by atoms with Crippen molar-refractivity contribution in [3.63, 3.8) is 0 Å². The SMILES string of the molecule is COc1ccc(-c2sc3c(c2C)c(=O)n(CC(=O)O)c(=O)n3Cc2ccccc2C)cc1. The van der Waals surface area contributed by atoms with Gasteiger partial charge in [-0.1, -0.05) is 24.3 Å². The Bertz CT molecular complexity index is 1440. The van der Waals surface area contributed by atoms with Crippen LogP contribution in [0, 0.1) is 13.8 Å². The van der Waals surface area contributed by atoms with Crippen molar-refractivity contribution in [2.24, 2.45) is 0 Å². The summed E-state index contributed by atoms with van der Waals surface area (Å²) in [5, 5.41) is 9.67. The van der Waals surface area contributed by atoms with Crippen molar-refractivity contribution in [1.82, 2.24) is 9.13 Å². The van der Waals surface area contributed by atoms with Crippen LogP contribution >= 0.6 is 11.3 Å². The Morgan fingerprint density at radius 2 is 1.72 bits per heavy atom. The summed E-state index contributed by atoms with van der Waals surface area (Å²) in [6.45, 7) is 3.33.